The molecule has 1 heterocycles. The summed E-state index contributed by atoms with van der Waals surface area (Å²) in [6, 6.07) is 6.69. The molecule has 0 bridgehead atoms. The molecular formula is C17H20ClN3O3S. The fourth-order valence-electron chi connectivity index (χ4n) is 2.18. The molecule has 2 rings (SSSR count). The second kappa shape index (κ2) is 10.1. The summed E-state index contributed by atoms with van der Waals surface area (Å²) >= 11 is 7.29. The molecule has 0 aliphatic heterocycles. The Morgan fingerprint density at radius 2 is 2.24 bits per heavy atom. The summed E-state index contributed by atoms with van der Waals surface area (Å²) in [7, 11) is 0. The summed E-state index contributed by atoms with van der Waals surface area (Å²) in [6.45, 7) is 3.42. The largest absolute Gasteiger partial charge is 0.382 e. The van der Waals surface area contributed by atoms with Crippen LogP contribution in [0.25, 0.3) is 0 Å². The van der Waals surface area contributed by atoms with Gasteiger partial charge in [0.15, 0.2) is 5.13 Å². The third-order valence-electron chi connectivity index (χ3n) is 3.29. The van der Waals surface area contributed by atoms with Crippen LogP contribution in [-0.4, -0.2) is 48.0 Å². The predicted octanol–water partition coefficient (Wildman–Crippen LogP) is 3.30. The summed E-state index contributed by atoms with van der Waals surface area (Å²) < 4.78 is 5.31. The molecule has 1 aromatic heterocycles. The number of carbonyl (C=O) groups is 2. The molecular weight excluding hydrogens is 362 g/mol. The Kier molecular flexibility index (Phi) is 7.84. The molecule has 0 fully saturated rings. The molecule has 8 heteroatoms. The van der Waals surface area contributed by atoms with E-state index in [0.29, 0.717) is 41.9 Å². The van der Waals surface area contributed by atoms with Gasteiger partial charge < -0.3 is 15.0 Å². The lowest BCUT2D eigenvalue weighted by Crippen LogP contribution is -2.39. The summed E-state index contributed by atoms with van der Waals surface area (Å²) in [6.07, 6.45) is 2.25. The number of halogens is 1. The number of nitrogens with zero attached hydrogens (tertiary/aromatic N) is 2. The van der Waals surface area contributed by atoms with Crippen molar-refractivity contribution in [1.29, 1.82) is 0 Å². The van der Waals surface area contributed by atoms with E-state index in [1.54, 1.807) is 35.8 Å². The zero-order valence-corrected chi connectivity index (χ0v) is 15.5. The number of hydrogen-bond acceptors (Lipinski definition) is 5. The Morgan fingerprint density at radius 1 is 1.40 bits per heavy atom. The molecule has 25 heavy (non-hydrogen) atoms. The number of benzene rings is 1. The van der Waals surface area contributed by atoms with Crippen LogP contribution in [0.4, 0.5) is 5.13 Å². The number of ether oxygens (including phenoxy) is 1. The Bertz CT molecular complexity index is 694. The lowest BCUT2D eigenvalue weighted by atomic mass is 10.2. The minimum absolute atomic E-state index is 0.0585. The number of hydrogen-bond donors (Lipinski definition) is 1. The van der Waals surface area contributed by atoms with Crippen LogP contribution >= 0.6 is 22.9 Å². The Labute approximate surface area is 155 Å². The van der Waals surface area contributed by atoms with Crippen molar-refractivity contribution in [2.45, 2.75) is 13.3 Å². The van der Waals surface area contributed by atoms with Crippen LogP contribution in [0.1, 0.15) is 23.7 Å². The van der Waals surface area contributed by atoms with Crippen LogP contribution in [0.2, 0.25) is 5.02 Å². The van der Waals surface area contributed by atoms with Gasteiger partial charge in [-0.25, -0.2) is 4.98 Å². The average molecular weight is 382 g/mol. The zero-order valence-electron chi connectivity index (χ0n) is 13.9. The fourth-order valence-corrected chi connectivity index (χ4v) is 2.91. The normalized spacial score (nSPS) is 10.5. The van der Waals surface area contributed by atoms with Crippen molar-refractivity contribution in [3.63, 3.8) is 0 Å². The van der Waals surface area contributed by atoms with Gasteiger partial charge in [0.05, 0.1) is 0 Å². The highest BCUT2D eigenvalue weighted by atomic mass is 35.5. The van der Waals surface area contributed by atoms with Gasteiger partial charge in [-0.2, -0.15) is 0 Å². The maximum Gasteiger partial charge on any atom is 0.254 e. The molecule has 0 saturated carbocycles. The van der Waals surface area contributed by atoms with Crippen molar-refractivity contribution in [2.75, 3.05) is 31.6 Å². The lowest BCUT2D eigenvalue weighted by Gasteiger charge is -2.22. The summed E-state index contributed by atoms with van der Waals surface area (Å²) in [4.78, 5) is 30.5. The van der Waals surface area contributed by atoms with Crippen LogP contribution in [0.3, 0.4) is 0 Å². The van der Waals surface area contributed by atoms with Gasteiger partial charge in [-0.1, -0.05) is 17.7 Å². The molecule has 2 amide bonds. The molecule has 0 aliphatic carbocycles. The predicted molar refractivity (Wildman–Crippen MR) is 99.2 cm³/mol. The van der Waals surface area contributed by atoms with E-state index >= 15 is 0 Å². The molecule has 0 saturated heterocycles. The van der Waals surface area contributed by atoms with E-state index in [2.05, 4.69) is 10.3 Å². The van der Waals surface area contributed by atoms with Crippen molar-refractivity contribution in [1.82, 2.24) is 9.88 Å². The van der Waals surface area contributed by atoms with Crippen molar-refractivity contribution in [2.24, 2.45) is 0 Å². The minimum Gasteiger partial charge on any atom is -0.382 e. The molecule has 0 atom stereocenters. The molecule has 1 aromatic carbocycles. The topological polar surface area (TPSA) is 71.5 Å². The average Bonchev–Trinajstić information content (AvgIpc) is 3.10. The second-order valence-corrected chi connectivity index (χ2v) is 6.50. The van der Waals surface area contributed by atoms with E-state index < -0.39 is 0 Å². The van der Waals surface area contributed by atoms with Gasteiger partial charge in [0.1, 0.15) is 6.54 Å². The smallest absolute Gasteiger partial charge is 0.254 e. The van der Waals surface area contributed by atoms with Gasteiger partial charge in [0.25, 0.3) is 5.91 Å². The quantitative estimate of drug-likeness (QED) is 0.676. The monoisotopic (exact) mass is 381 g/mol. The van der Waals surface area contributed by atoms with Crippen LogP contribution in [0, 0.1) is 0 Å². The Balaban J connectivity index is 2.03. The van der Waals surface area contributed by atoms with Crippen LogP contribution in [0.15, 0.2) is 35.8 Å². The third kappa shape index (κ3) is 6.45. The zero-order chi connectivity index (χ0) is 18.1. The molecule has 2 aromatic rings. The van der Waals surface area contributed by atoms with Gasteiger partial charge in [0, 0.05) is 41.9 Å². The van der Waals surface area contributed by atoms with E-state index in [1.807, 2.05) is 6.92 Å². The summed E-state index contributed by atoms with van der Waals surface area (Å²) in [5.74, 6) is -0.532. The number of aromatic nitrogens is 1. The van der Waals surface area contributed by atoms with Crippen molar-refractivity contribution < 1.29 is 14.3 Å². The molecule has 134 valence electrons. The van der Waals surface area contributed by atoms with E-state index in [-0.39, 0.29) is 18.4 Å². The molecule has 0 spiro atoms. The van der Waals surface area contributed by atoms with Gasteiger partial charge >= 0.3 is 0 Å². The third-order valence-corrected chi connectivity index (χ3v) is 4.22. The maximum absolute atomic E-state index is 12.7. The van der Waals surface area contributed by atoms with E-state index in [0.717, 1.165) is 0 Å². The lowest BCUT2D eigenvalue weighted by molar-refractivity contribution is -0.116. The number of carbonyl (C=O) groups excluding carboxylic acids is 2. The SMILES string of the molecule is CCOCCCN(CC(=O)Nc1nccs1)C(=O)c1cccc(Cl)c1. The van der Waals surface area contributed by atoms with Crippen LogP contribution < -0.4 is 5.32 Å². The van der Waals surface area contributed by atoms with E-state index in [9.17, 15) is 9.59 Å². The Morgan fingerprint density at radius 3 is 2.92 bits per heavy atom. The highest BCUT2D eigenvalue weighted by Gasteiger charge is 2.19. The maximum atomic E-state index is 12.7. The number of anilines is 1. The first-order chi connectivity index (χ1) is 12.1. The van der Waals surface area contributed by atoms with Gasteiger partial charge in [-0.3, -0.25) is 9.59 Å². The highest BCUT2D eigenvalue weighted by Crippen LogP contribution is 2.14. The minimum atomic E-state index is -0.290. The van der Waals surface area contributed by atoms with Crippen LogP contribution in [-0.2, 0) is 9.53 Å². The van der Waals surface area contributed by atoms with E-state index in [4.69, 9.17) is 16.3 Å². The molecule has 1 N–H and O–H groups in total. The van der Waals surface area contributed by atoms with Gasteiger partial charge in [-0.05, 0) is 31.5 Å². The number of rotatable bonds is 9. The van der Waals surface area contributed by atoms with Crippen molar-refractivity contribution in [3.8, 4) is 0 Å². The summed E-state index contributed by atoms with van der Waals surface area (Å²) in [5.41, 5.74) is 0.450. The standard InChI is InChI=1S/C17H20ClN3O3S/c1-2-24-9-4-8-21(12-15(22)20-17-19-7-10-25-17)16(23)13-5-3-6-14(18)11-13/h3,5-7,10-11H,2,4,8-9,12H2,1H3,(H,19,20,22). The van der Waals surface area contributed by atoms with Crippen molar-refractivity contribution >= 4 is 39.9 Å². The first-order valence-corrected chi connectivity index (χ1v) is 9.18. The number of thiazole rings is 1. The Hall–Kier alpha value is -1.96. The first kappa shape index (κ1) is 19.4. The summed E-state index contributed by atoms with van der Waals surface area (Å²) in [5, 5.41) is 5.45. The highest BCUT2D eigenvalue weighted by molar-refractivity contribution is 7.13. The first-order valence-electron chi connectivity index (χ1n) is 7.92. The van der Waals surface area contributed by atoms with Crippen LogP contribution in [0.5, 0.6) is 0 Å². The van der Waals surface area contributed by atoms with Gasteiger partial charge in [-0.15, -0.1) is 11.3 Å². The molecule has 0 aliphatic rings. The second-order valence-electron chi connectivity index (χ2n) is 5.17. The fraction of sp³-hybridized carbons (Fsp3) is 0.353. The number of amides is 2. The molecule has 0 unspecified atom stereocenters. The molecule has 6 nitrogen and oxygen atoms in total. The van der Waals surface area contributed by atoms with Gasteiger partial charge in [0.2, 0.25) is 5.91 Å². The van der Waals surface area contributed by atoms with Crippen molar-refractivity contribution in [3.05, 3.63) is 46.4 Å². The molecule has 0 radical (unpaired) electrons. The van der Waals surface area contributed by atoms with E-state index in [1.165, 1.54) is 16.2 Å². The number of nitrogens with one attached hydrogen (secondary N) is 1.